The monoisotopic (exact) mass is 406 g/mol. The lowest BCUT2D eigenvalue weighted by atomic mass is 10.1. The van der Waals surface area contributed by atoms with Crippen LogP contribution in [0.25, 0.3) is 11.2 Å². The van der Waals surface area contributed by atoms with Crippen molar-refractivity contribution in [3.63, 3.8) is 0 Å². The summed E-state index contributed by atoms with van der Waals surface area (Å²) in [7, 11) is 0. The van der Waals surface area contributed by atoms with Crippen molar-refractivity contribution in [2.75, 3.05) is 0 Å². The molecule has 2 aromatic rings. The predicted molar refractivity (Wildman–Crippen MR) is 125 cm³/mol. The molecular weight excluding hydrogens is 372 g/mol. The van der Waals surface area contributed by atoms with Gasteiger partial charge in [-0.05, 0) is 57.1 Å². The first kappa shape index (κ1) is 23.5. The highest BCUT2D eigenvalue weighted by atomic mass is 16.4. The van der Waals surface area contributed by atoms with Gasteiger partial charge in [0.15, 0.2) is 11.2 Å². The summed E-state index contributed by atoms with van der Waals surface area (Å²) in [6.07, 6.45) is 29.4. The number of hydrogen-bond donors (Lipinski definition) is 0. The number of nitrogens with zero attached hydrogens (tertiary/aromatic N) is 2. The van der Waals surface area contributed by atoms with Crippen molar-refractivity contribution < 1.29 is 9.21 Å². The van der Waals surface area contributed by atoms with Gasteiger partial charge in [-0.2, -0.15) is 4.98 Å². The fourth-order valence-corrected chi connectivity index (χ4v) is 2.94. The summed E-state index contributed by atoms with van der Waals surface area (Å²) in [4.78, 5) is 20.4. The molecule has 0 aliphatic rings. The number of allylic oxidation sites excluding steroid dienone is 8. The van der Waals surface area contributed by atoms with E-state index in [0.717, 1.165) is 32.1 Å². The van der Waals surface area contributed by atoms with Gasteiger partial charge in [0, 0.05) is 12.6 Å². The minimum absolute atomic E-state index is 0.0658. The number of carbonyl (C=O) groups excluding carboxylic acids is 1. The van der Waals surface area contributed by atoms with Crippen LogP contribution in [0.1, 0.15) is 81.8 Å². The van der Waals surface area contributed by atoms with Gasteiger partial charge in [-0.15, -0.1) is 0 Å². The molecule has 30 heavy (non-hydrogen) atoms. The molecule has 0 amide bonds. The number of ketones is 1. The predicted octanol–water partition coefficient (Wildman–Crippen LogP) is 7.55. The van der Waals surface area contributed by atoms with Crippen LogP contribution in [0, 0.1) is 0 Å². The Morgan fingerprint density at radius 2 is 1.53 bits per heavy atom. The molecular formula is C26H34N2O2. The lowest BCUT2D eigenvalue weighted by molar-refractivity contribution is 0.0949. The first-order valence-corrected chi connectivity index (χ1v) is 11.2. The molecule has 0 atom stereocenters. The van der Waals surface area contributed by atoms with Crippen LogP contribution in [0.2, 0.25) is 0 Å². The average Bonchev–Trinajstić information content (AvgIpc) is 3.20. The Bertz CT molecular complexity index is 826. The molecule has 0 aliphatic carbocycles. The lowest BCUT2D eigenvalue weighted by Gasteiger charge is -1.93. The van der Waals surface area contributed by atoms with Crippen molar-refractivity contribution in [2.24, 2.45) is 0 Å². The molecule has 0 bridgehead atoms. The van der Waals surface area contributed by atoms with Gasteiger partial charge in [0.1, 0.15) is 0 Å². The number of rotatable bonds is 15. The van der Waals surface area contributed by atoms with Crippen molar-refractivity contribution >= 4 is 17.0 Å². The summed E-state index contributed by atoms with van der Waals surface area (Å²) < 4.78 is 5.45. The fourth-order valence-electron chi connectivity index (χ4n) is 2.94. The smallest absolute Gasteiger partial charge is 0.265 e. The van der Waals surface area contributed by atoms with Crippen LogP contribution in [-0.4, -0.2) is 15.8 Å². The first-order valence-electron chi connectivity index (χ1n) is 11.2. The van der Waals surface area contributed by atoms with Crippen LogP contribution in [0.4, 0.5) is 0 Å². The minimum atomic E-state index is -0.0658. The maximum atomic E-state index is 12.1. The van der Waals surface area contributed by atoms with Crippen LogP contribution < -0.4 is 0 Å². The van der Waals surface area contributed by atoms with Gasteiger partial charge in [0.25, 0.3) is 5.89 Å². The third-order valence-electron chi connectivity index (χ3n) is 4.64. The summed E-state index contributed by atoms with van der Waals surface area (Å²) in [5.41, 5.74) is 1.04. The quantitative estimate of drug-likeness (QED) is 0.174. The molecule has 4 nitrogen and oxygen atoms in total. The highest BCUT2D eigenvalue weighted by Crippen LogP contribution is 2.14. The van der Waals surface area contributed by atoms with Crippen LogP contribution in [0.3, 0.4) is 0 Å². The van der Waals surface area contributed by atoms with Gasteiger partial charge >= 0.3 is 0 Å². The van der Waals surface area contributed by atoms with E-state index in [2.05, 4.69) is 65.5 Å². The standard InChI is InChI=1S/C26H34N2O2/c1-2-3-4-5-6-7-8-9-10-11-12-13-14-15-16-17-18-20-23(29)26-28-25-24(30-26)21-19-22-27-25/h6-7,9-10,12-13,15-16,19,21-22H,2-5,8,11,14,17-18,20H2,1H3/b7-6-,10-9-,13-12-,16-15-. The van der Waals surface area contributed by atoms with E-state index in [1.54, 1.807) is 18.3 Å². The van der Waals surface area contributed by atoms with E-state index in [-0.39, 0.29) is 11.7 Å². The number of carbonyl (C=O) groups is 1. The van der Waals surface area contributed by atoms with Crippen LogP contribution >= 0.6 is 0 Å². The largest absolute Gasteiger partial charge is 0.432 e. The Labute approximate surface area is 180 Å². The highest BCUT2D eigenvalue weighted by Gasteiger charge is 2.13. The SMILES string of the molecule is CCCCC/C=C\C/C=C\C/C=C\C/C=C\CCCC(=O)c1nc2ncccc2o1. The molecule has 4 heteroatoms. The topological polar surface area (TPSA) is 56.0 Å². The number of oxazole rings is 1. The second-order valence-corrected chi connectivity index (χ2v) is 7.25. The Morgan fingerprint density at radius 1 is 0.900 bits per heavy atom. The van der Waals surface area contributed by atoms with Crippen LogP contribution in [-0.2, 0) is 0 Å². The maximum Gasteiger partial charge on any atom is 0.265 e. The molecule has 0 unspecified atom stereocenters. The molecule has 2 aromatic heterocycles. The zero-order valence-corrected chi connectivity index (χ0v) is 18.1. The number of pyridine rings is 1. The zero-order chi connectivity index (χ0) is 21.3. The van der Waals surface area contributed by atoms with Crippen LogP contribution in [0.15, 0.2) is 71.4 Å². The van der Waals surface area contributed by atoms with Crippen molar-refractivity contribution in [1.29, 1.82) is 0 Å². The number of aromatic nitrogens is 2. The summed E-state index contributed by atoms with van der Waals surface area (Å²) in [6.45, 7) is 2.24. The Kier molecular flexibility index (Phi) is 11.9. The number of hydrogen-bond acceptors (Lipinski definition) is 4. The molecule has 0 saturated heterocycles. The second kappa shape index (κ2) is 15.1. The molecule has 2 rings (SSSR count). The molecule has 0 aliphatic heterocycles. The summed E-state index contributed by atoms with van der Waals surface area (Å²) in [5.74, 6) is 0.0968. The molecule has 0 N–H and O–H groups in total. The molecule has 0 saturated carbocycles. The Morgan fingerprint density at radius 3 is 2.17 bits per heavy atom. The summed E-state index contributed by atoms with van der Waals surface area (Å²) in [6, 6.07) is 3.54. The van der Waals surface area contributed by atoms with Gasteiger partial charge in [0.2, 0.25) is 5.78 Å². The summed E-state index contributed by atoms with van der Waals surface area (Å²) >= 11 is 0. The molecule has 0 aromatic carbocycles. The van der Waals surface area contributed by atoms with Crippen LogP contribution in [0.5, 0.6) is 0 Å². The van der Waals surface area contributed by atoms with Gasteiger partial charge < -0.3 is 4.42 Å². The third kappa shape index (κ3) is 9.64. The van der Waals surface area contributed by atoms with E-state index in [0.29, 0.717) is 17.7 Å². The second-order valence-electron chi connectivity index (χ2n) is 7.25. The van der Waals surface area contributed by atoms with E-state index in [1.807, 2.05) is 0 Å². The van der Waals surface area contributed by atoms with Gasteiger partial charge in [-0.1, -0.05) is 68.4 Å². The van der Waals surface area contributed by atoms with E-state index in [9.17, 15) is 4.79 Å². The van der Waals surface area contributed by atoms with Gasteiger partial charge in [-0.25, -0.2) is 4.98 Å². The first-order chi connectivity index (χ1) is 14.8. The number of unbranched alkanes of at least 4 members (excludes halogenated alkanes) is 4. The molecule has 0 spiro atoms. The third-order valence-corrected chi connectivity index (χ3v) is 4.64. The van der Waals surface area contributed by atoms with E-state index in [4.69, 9.17) is 4.42 Å². The van der Waals surface area contributed by atoms with Gasteiger partial charge in [0.05, 0.1) is 0 Å². The van der Waals surface area contributed by atoms with Crippen molar-refractivity contribution in [3.8, 4) is 0 Å². The van der Waals surface area contributed by atoms with Crippen molar-refractivity contribution in [1.82, 2.24) is 9.97 Å². The van der Waals surface area contributed by atoms with E-state index in [1.165, 1.54) is 25.7 Å². The minimum Gasteiger partial charge on any atom is -0.432 e. The molecule has 0 radical (unpaired) electrons. The zero-order valence-electron chi connectivity index (χ0n) is 18.1. The Hall–Kier alpha value is -2.75. The van der Waals surface area contributed by atoms with Gasteiger partial charge in [-0.3, -0.25) is 4.79 Å². The fraction of sp³-hybridized carbons (Fsp3) is 0.423. The highest BCUT2D eigenvalue weighted by molar-refractivity contribution is 5.93. The number of Topliss-reactive ketones (excluding diaryl/α,β-unsaturated/α-hetero) is 1. The maximum absolute atomic E-state index is 12.1. The van der Waals surface area contributed by atoms with E-state index < -0.39 is 0 Å². The lowest BCUT2D eigenvalue weighted by Crippen LogP contribution is -1.98. The average molecular weight is 407 g/mol. The molecule has 160 valence electrons. The van der Waals surface area contributed by atoms with E-state index >= 15 is 0 Å². The van der Waals surface area contributed by atoms with Crippen molar-refractivity contribution in [3.05, 3.63) is 72.8 Å². The molecule has 2 heterocycles. The number of fused-ring (bicyclic) bond motifs is 1. The van der Waals surface area contributed by atoms with Crippen molar-refractivity contribution in [2.45, 2.75) is 71.1 Å². The summed E-state index contributed by atoms with van der Waals surface area (Å²) in [5, 5.41) is 0. The molecule has 0 fully saturated rings. The normalized spacial score (nSPS) is 12.4. The Balaban J connectivity index is 1.49.